The van der Waals surface area contributed by atoms with Gasteiger partial charge in [-0.25, -0.2) is 0 Å². The van der Waals surface area contributed by atoms with Crippen LogP contribution in [0.4, 0.5) is 0 Å². The lowest BCUT2D eigenvalue weighted by atomic mass is 9.87. The van der Waals surface area contributed by atoms with Gasteiger partial charge in [-0.2, -0.15) is 0 Å². The summed E-state index contributed by atoms with van der Waals surface area (Å²) in [4.78, 5) is 12.2. The second kappa shape index (κ2) is 8.55. The van der Waals surface area contributed by atoms with Crippen LogP contribution >= 0.6 is 12.4 Å². The Balaban J connectivity index is 0.00000264. The summed E-state index contributed by atoms with van der Waals surface area (Å²) in [5.74, 6) is 0.701. The van der Waals surface area contributed by atoms with Gasteiger partial charge in [0.15, 0.2) is 6.10 Å². The fourth-order valence-corrected chi connectivity index (χ4v) is 2.59. The third-order valence-electron chi connectivity index (χ3n) is 4.03. The van der Waals surface area contributed by atoms with Gasteiger partial charge in [0.2, 0.25) is 0 Å². The Morgan fingerprint density at radius 2 is 2.13 bits per heavy atom. The van der Waals surface area contributed by atoms with Crippen molar-refractivity contribution in [3.63, 3.8) is 0 Å². The monoisotopic (exact) mass is 340 g/mol. The van der Waals surface area contributed by atoms with Crippen LogP contribution in [-0.2, 0) is 10.2 Å². The first kappa shape index (κ1) is 19.8. The van der Waals surface area contributed by atoms with Crippen LogP contribution in [0.1, 0.15) is 46.1 Å². The number of carbonyl (C=O) groups excluding carboxylic acids is 1. The zero-order valence-electron chi connectivity index (χ0n) is 14.5. The molecule has 2 N–H and O–H groups in total. The fourth-order valence-electron chi connectivity index (χ4n) is 2.59. The first-order valence-electron chi connectivity index (χ1n) is 8.14. The number of nitrogens with one attached hydrogen (secondary N) is 2. The minimum Gasteiger partial charge on any atom is -0.481 e. The number of ether oxygens (including phenoxy) is 1. The van der Waals surface area contributed by atoms with Crippen LogP contribution in [0.15, 0.2) is 24.3 Å². The summed E-state index contributed by atoms with van der Waals surface area (Å²) < 4.78 is 5.82. The molecule has 0 radical (unpaired) electrons. The van der Waals surface area contributed by atoms with Crippen molar-refractivity contribution in [3.8, 4) is 5.75 Å². The van der Waals surface area contributed by atoms with Crippen LogP contribution in [0, 0.1) is 0 Å². The molecule has 1 saturated heterocycles. The highest BCUT2D eigenvalue weighted by Gasteiger charge is 2.21. The minimum absolute atomic E-state index is 0. The standard InChI is InChI=1S/C18H28N2O2.ClH/c1-13(17(21)20-15-8-6-10-19-12-15)22-16-9-5-7-14(11-16)18(2,3)4;/h5,7,9,11,13,15,19H,6,8,10,12H2,1-4H3,(H,20,21);1H/t13?,15-;/m0./s1. The lowest BCUT2D eigenvalue weighted by molar-refractivity contribution is -0.128. The van der Waals surface area contributed by atoms with Gasteiger partial charge >= 0.3 is 0 Å². The molecule has 0 saturated carbocycles. The Hall–Kier alpha value is -1.26. The third-order valence-corrected chi connectivity index (χ3v) is 4.03. The molecule has 1 aromatic carbocycles. The number of benzene rings is 1. The molecule has 0 aromatic heterocycles. The van der Waals surface area contributed by atoms with Gasteiger partial charge in [0.25, 0.3) is 5.91 Å². The van der Waals surface area contributed by atoms with E-state index >= 15 is 0 Å². The largest absolute Gasteiger partial charge is 0.481 e. The zero-order valence-corrected chi connectivity index (χ0v) is 15.3. The van der Waals surface area contributed by atoms with Gasteiger partial charge < -0.3 is 15.4 Å². The highest BCUT2D eigenvalue weighted by Crippen LogP contribution is 2.26. The van der Waals surface area contributed by atoms with Crippen LogP contribution in [0.5, 0.6) is 5.75 Å². The fraction of sp³-hybridized carbons (Fsp3) is 0.611. The predicted molar refractivity (Wildman–Crippen MR) is 96.5 cm³/mol. The van der Waals surface area contributed by atoms with E-state index in [1.54, 1.807) is 6.92 Å². The molecular weight excluding hydrogens is 312 g/mol. The van der Waals surface area contributed by atoms with Gasteiger partial charge in [-0.3, -0.25) is 4.79 Å². The van der Waals surface area contributed by atoms with E-state index < -0.39 is 6.10 Å². The highest BCUT2D eigenvalue weighted by atomic mass is 35.5. The molecule has 0 aliphatic carbocycles. The Bertz CT molecular complexity index is 508. The number of hydrogen-bond donors (Lipinski definition) is 2. The number of carbonyl (C=O) groups is 1. The van der Waals surface area contributed by atoms with Crippen LogP contribution < -0.4 is 15.4 Å². The van der Waals surface area contributed by atoms with Crippen molar-refractivity contribution in [3.05, 3.63) is 29.8 Å². The van der Waals surface area contributed by atoms with Crippen molar-refractivity contribution in [2.45, 2.75) is 58.1 Å². The summed E-state index contributed by atoms with van der Waals surface area (Å²) in [6.07, 6.45) is 1.65. The minimum atomic E-state index is -0.489. The van der Waals surface area contributed by atoms with Gasteiger partial charge in [-0.15, -0.1) is 12.4 Å². The number of amides is 1. The molecule has 0 bridgehead atoms. The Morgan fingerprint density at radius 1 is 1.39 bits per heavy atom. The van der Waals surface area contributed by atoms with E-state index in [9.17, 15) is 4.79 Å². The maximum Gasteiger partial charge on any atom is 0.261 e. The SMILES string of the molecule is CC(Oc1cccc(C(C)(C)C)c1)C(=O)N[C@H]1CCCNC1.Cl. The molecule has 23 heavy (non-hydrogen) atoms. The molecular formula is C18H29ClN2O2. The van der Waals surface area contributed by atoms with Crippen molar-refractivity contribution in [2.24, 2.45) is 0 Å². The normalized spacial score (nSPS) is 19.4. The molecule has 1 aliphatic heterocycles. The van der Waals surface area contributed by atoms with Crippen LogP contribution in [0.3, 0.4) is 0 Å². The van der Waals surface area contributed by atoms with Crippen LogP contribution in [0.2, 0.25) is 0 Å². The van der Waals surface area contributed by atoms with Crippen LogP contribution in [-0.4, -0.2) is 31.1 Å². The summed E-state index contributed by atoms with van der Waals surface area (Å²) in [5.41, 5.74) is 1.27. The van der Waals surface area contributed by atoms with Gasteiger partial charge in [0.1, 0.15) is 5.75 Å². The molecule has 1 amide bonds. The first-order valence-corrected chi connectivity index (χ1v) is 8.14. The molecule has 1 fully saturated rings. The summed E-state index contributed by atoms with van der Waals surface area (Å²) >= 11 is 0. The van der Waals surface area contributed by atoms with Crippen molar-refractivity contribution in [1.82, 2.24) is 10.6 Å². The highest BCUT2D eigenvalue weighted by molar-refractivity contribution is 5.85. The van der Waals surface area contributed by atoms with E-state index in [2.05, 4.69) is 37.5 Å². The van der Waals surface area contributed by atoms with Gasteiger partial charge in [-0.05, 0) is 49.4 Å². The molecule has 1 unspecified atom stereocenters. The number of hydrogen-bond acceptors (Lipinski definition) is 3. The molecule has 130 valence electrons. The van der Waals surface area contributed by atoms with E-state index in [4.69, 9.17) is 4.74 Å². The van der Waals surface area contributed by atoms with Crippen molar-refractivity contribution < 1.29 is 9.53 Å². The second-order valence-electron chi connectivity index (χ2n) is 7.09. The molecule has 4 nitrogen and oxygen atoms in total. The van der Waals surface area contributed by atoms with E-state index in [1.807, 2.05) is 18.2 Å². The summed E-state index contributed by atoms with van der Waals surface area (Å²) in [6, 6.07) is 8.21. The van der Waals surface area contributed by atoms with Gasteiger partial charge in [0, 0.05) is 12.6 Å². The average Bonchev–Trinajstić information content (AvgIpc) is 2.47. The number of rotatable bonds is 4. The molecule has 1 aromatic rings. The zero-order chi connectivity index (χ0) is 16.2. The van der Waals surface area contributed by atoms with Gasteiger partial charge in [-0.1, -0.05) is 32.9 Å². The third kappa shape index (κ3) is 6.04. The van der Waals surface area contributed by atoms with E-state index in [0.717, 1.165) is 31.7 Å². The van der Waals surface area contributed by atoms with E-state index in [1.165, 1.54) is 5.56 Å². The van der Waals surface area contributed by atoms with Gasteiger partial charge in [0.05, 0.1) is 0 Å². The molecule has 1 aliphatic rings. The van der Waals surface area contributed by atoms with E-state index in [-0.39, 0.29) is 29.8 Å². The lowest BCUT2D eigenvalue weighted by Crippen LogP contribution is -2.49. The Morgan fingerprint density at radius 3 is 2.74 bits per heavy atom. The molecule has 5 heteroatoms. The maximum absolute atomic E-state index is 12.2. The van der Waals surface area contributed by atoms with Crippen molar-refractivity contribution in [1.29, 1.82) is 0 Å². The average molecular weight is 341 g/mol. The molecule has 0 spiro atoms. The lowest BCUT2D eigenvalue weighted by Gasteiger charge is -2.26. The molecule has 1 heterocycles. The second-order valence-corrected chi connectivity index (χ2v) is 7.09. The molecule has 2 atom stereocenters. The summed E-state index contributed by atoms with van der Waals surface area (Å²) in [5, 5.41) is 6.35. The maximum atomic E-state index is 12.2. The van der Waals surface area contributed by atoms with Crippen LogP contribution in [0.25, 0.3) is 0 Å². The number of piperidine rings is 1. The predicted octanol–water partition coefficient (Wildman–Crippen LogP) is 3.04. The van der Waals surface area contributed by atoms with Crippen molar-refractivity contribution >= 4 is 18.3 Å². The topological polar surface area (TPSA) is 50.4 Å². The Labute approximate surface area is 145 Å². The molecule has 2 rings (SSSR count). The number of halogens is 1. The quantitative estimate of drug-likeness (QED) is 0.885. The first-order chi connectivity index (χ1) is 10.4. The van der Waals surface area contributed by atoms with E-state index in [0.29, 0.717) is 0 Å². The van der Waals surface area contributed by atoms with Crippen molar-refractivity contribution in [2.75, 3.05) is 13.1 Å². The summed E-state index contributed by atoms with van der Waals surface area (Å²) in [7, 11) is 0. The Kier molecular flexibility index (Phi) is 7.36. The summed E-state index contributed by atoms with van der Waals surface area (Å²) in [6.45, 7) is 10.2. The smallest absolute Gasteiger partial charge is 0.261 e.